The lowest BCUT2D eigenvalue weighted by molar-refractivity contribution is 0.197. The third kappa shape index (κ3) is 2.81. The molecule has 0 spiro atoms. The summed E-state index contributed by atoms with van der Waals surface area (Å²) in [6.45, 7) is 5.95. The fraction of sp³-hybridized carbons (Fsp3) is 0.353. The highest BCUT2D eigenvalue weighted by molar-refractivity contribution is 7.09. The summed E-state index contributed by atoms with van der Waals surface area (Å²) in [5.41, 5.74) is 7.01. The van der Waals surface area contributed by atoms with Crippen LogP contribution >= 0.6 is 11.3 Å². The molecule has 0 amide bonds. The summed E-state index contributed by atoms with van der Waals surface area (Å²) in [7, 11) is 0. The number of piperazine rings is 1. The Morgan fingerprint density at radius 3 is 2.67 bits per heavy atom. The van der Waals surface area contributed by atoms with Gasteiger partial charge in [0.05, 0.1) is 11.6 Å². The molecule has 2 aromatic heterocycles. The molecule has 1 aliphatic heterocycles. The molecular weight excluding hydrogens is 320 g/mol. The second kappa shape index (κ2) is 6.33. The Morgan fingerprint density at radius 1 is 1.12 bits per heavy atom. The van der Waals surface area contributed by atoms with E-state index in [9.17, 15) is 0 Å². The van der Waals surface area contributed by atoms with Crippen LogP contribution in [-0.2, 0) is 0 Å². The van der Waals surface area contributed by atoms with E-state index in [2.05, 4.69) is 31.7 Å². The minimum absolute atomic E-state index is 0.356. The van der Waals surface area contributed by atoms with Gasteiger partial charge < -0.3 is 10.6 Å². The van der Waals surface area contributed by atoms with E-state index in [1.54, 1.807) is 11.3 Å². The summed E-state index contributed by atoms with van der Waals surface area (Å²) >= 11 is 1.72. The molecule has 1 saturated heterocycles. The normalized spacial score (nSPS) is 17.3. The molecule has 1 fully saturated rings. The van der Waals surface area contributed by atoms with Crippen molar-refractivity contribution in [2.75, 3.05) is 36.8 Å². The highest BCUT2D eigenvalue weighted by Crippen LogP contribution is 2.25. The molecule has 6 nitrogen and oxygen atoms in total. The lowest BCUT2D eigenvalue weighted by atomic mass is 10.2. The summed E-state index contributed by atoms with van der Waals surface area (Å²) in [6, 6.07) is 8.24. The topological polar surface area (TPSA) is 71.2 Å². The number of para-hydroxylation sites is 1. The van der Waals surface area contributed by atoms with Crippen LogP contribution in [0.1, 0.15) is 18.0 Å². The zero-order valence-corrected chi connectivity index (χ0v) is 14.4. The molecule has 7 heteroatoms. The molecule has 1 unspecified atom stereocenters. The Balaban J connectivity index is 1.50. The number of aromatic nitrogens is 3. The predicted molar refractivity (Wildman–Crippen MR) is 98.3 cm³/mol. The first-order valence-corrected chi connectivity index (χ1v) is 9.01. The van der Waals surface area contributed by atoms with Crippen LogP contribution in [0.2, 0.25) is 0 Å². The molecule has 1 aliphatic rings. The molecule has 3 heterocycles. The number of hydrogen-bond donors (Lipinski definition) is 1. The lowest BCUT2D eigenvalue weighted by Gasteiger charge is -2.37. The summed E-state index contributed by atoms with van der Waals surface area (Å²) in [5.74, 6) is 1.28. The molecule has 0 bridgehead atoms. The number of rotatable bonds is 3. The summed E-state index contributed by atoms with van der Waals surface area (Å²) < 4.78 is 0. The fourth-order valence-electron chi connectivity index (χ4n) is 3.14. The second-order valence-corrected chi connectivity index (χ2v) is 6.92. The molecular formula is C17H20N6S. The van der Waals surface area contributed by atoms with Gasteiger partial charge in [0.25, 0.3) is 0 Å². The summed E-state index contributed by atoms with van der Waals surface area (Å²) in [5, 5.41) is 4.13. The maximum Gasteiger partial charge on any atom is 0.227 e. The van der Waals surface area contributed by atoms with E-state index in [-0.39, 0.29) is 0 Å². The Morgan fingerprint density at radius 2 is 1.92 bits per heavy atom. The van der Waals surface area contributed by atoms with Gasteiger partial charge in [-0.1, -0.05) is 12.1 Å². The highest BCUT2D eigenvalue weighted by atomic mass is 32.1. The number of thiazole rings is 1. The maximum absolute atomic E-state index is 6.11. The molecule has 0 saturated carbocycles. The maximum atomic E-state index is 6.11. The quantitative estimate of drug-likeness (QED) is 0.790. The lowest BCUT2D eigenvalue weighted by Crippen LogP contribution is -2.47. The zero-order chi connectivity index (χ0) is 16.5. The Kier molecular flexibility index (Phi) is 4.03. The fourth-order valence-corrected chi connectivity index (χ4v) is 3.86. The van der Waals surface area contributed by atoms with Crippen molar-refractivity contribution in [3.8, 4) is 0 Å². The van der Waals surface area contributed by atoms with Crippen LogP contribution in [0.15, 0.2) is 35.8 Å². The van der Waals surface area contributed by atoms with Crippen molar-refractivity contribution in [3.05, 3.63) is 40.8 Å². The SMILES string of the molecule is CC(c1nccs1)N1CCN(c2nc(N)c3ccccc3n2)CC1. The Labute approximate surface area is 145 Å². The van der Waals surface area contributed by atoms with Crippen molar-refractivity contribution in [2.24, 2.45) is 0 Å². The van der Waals surface area contributed by atoms with Crippen molar-refractivity contribution < 1.29 is 0 Å². The first-order chi connectivity index (χ1) is 11.7. The van der Waals surface area contributed by atoms with Gasteiger partial charge >= 0.3 is 0 Å². The van der Waals surface area contributed by atoms with Gasteiger partial charge in [-0.2, -0.15) is 4.98 Å². The van der Waals surface area contributed by atoms with Gasteiger partial charge in [-0.3, -0.25) is 4.90 Å². The van der Waals surface area contributed by atoms with Gasteiger partial charge in [-0.05, 0) is 19.1 Å². The highest BCUT2D eigenvalue weighted by Gasteiger charge is 2.25. The van der Waals surface area contributed by atoms with Gasteiger partial charge in [0.15, 0.2) is 0 Å². The summed E-state index contributed by atoms with van der Waals surface area (Å²) in [6.07, 6.45) is 1.87. The van der Waals surface area contributed by atoms with Crippen molar-refractivity contribution in [3.63, 3.8) is 0 Å². The van der Waals surface area contributed by atoms with Gasteiger partial charge in [0, 0.05) is 43.1 Å². The zero-order valence-electron chi connectivity index (χ0n) is 13.6. The number of benzene rings is 1. The van der Waals surface area contributed by atoms with Crippen molar-refractivity contribution in [1.82, 2.24) is 19.9 Å². The molecule has 4 rings (SSSR count). The van der Waals surface area contributed by atoms with E-state index < -0.39 is 0 Å². The average Bonchev–Trinajstić information content (AvgIpc) is 3.16. The van der Waals surface area contributed by atoms with E-state index in [0.29, 0.717) is 11.9 Å². The van der Waals surface area contributed by atoms with E-state index >= 15 is 0 Å². The van der Waals surface area contributed by atoms with Crippen molar-refractivity contribution in [2.45, 2.75) is 13.0 Å². The number of nitrogens with zero attached hydrogens (tertiary/aromatic N) is 5. The van der Waals surface area contributed by atoms with E-state index in [0.717, 1.165) is 43.0 Å². The number of nitrogen functional groups attached to an aromatic ring is 1. The third-order valence-corrected chi connectivity index (χ3v) is 5.52. The third-order valence-electron chi connectivity index (χ3n) is 4.57. The van der Waals surface area contributed by atoms with Crippen LogP contribution in [0.4, 0.5) is 11.8 Å². The number of fused-ring (bicyclic) bond motifs is 1. The smallest absolute Gasteiger partial charge is 0.227 e. The van der Waals surface area contributed by atoms with Crippen LogP contribution < -0.4 is 10.6 Å². The molecule has 0 aliphatic carbocycles. The van der Waals surface area contributed by atoms with Crippen molar-refractivity contribution in [1.29, 1.82) is 0 Å². The van der Waals surface area contributed by atoms with Gasteiger partial charge in [0.1, 0.15) is 10.8 Å². The Hall–Kier alpha value is -2.25. The molecule has 24 heavy (non-hydrogen) atoms. The first kappa shape index (κ1) is 15.3. The standard InChI is InChI=1S/C17H20N6S/c1-12(16-19-6-11-24-16)22-7-9-23(10-8-22)17-20-14-5-3-2-4-13(14)15(18)21-17/h2-6,11-12H,7-10H2,1H3,(H2,18,20,21). The average molecular weight is 340 g/mol. The van der Waals surface area contributed by atoms with E-state index in [1.165, 1.54) is 5.01 Å². The Bertz CT molecular complexity index is 826. The first-order valence-electron chi connectivity index (χ1n) is 8.13. The molecule has 124 valence electrons. The van der Waals surface area contributed by atoms with E-state index in [1.807, 2.05) is 35.8 Å². The molecule has 1 atom stereocenters. The second-order valence-electron chi connectivity index (χ2n) is 6.00. The number of hydrogen-bond acceptors (Lipinski definition) is 7. The van der Waals surface area contributed by atoms with Crippen LogP contribution in [0, 0.1) is 0 Å². The molecule has 1 aromatic carbocycles. The van der Waals surface area contributed by atoms with Crippen molar-refractivity contribution >= 4 is 34.0 Å². The monoisotopic (exact) mass is 340 g/mol. The van der Waals surface area contributed by atoms with Crippen LogP contribution in [0.5, 0.6) is 0 Å². The molecule has 2 N–H and O–H groups in total. The van der Waals surface area contributed by atoms with Gasteiger partial charge in [0.2, 0.25) is 5.95 Å². The van der Waals surface area contributed by atoms with Gasteiger partial charge in [-0.15, -0.1) is 11.3 Å². The minimum Gasteiger partial charge on any atom is -0.383 e. The summed E-state index contributed by atoms with van der Waals surface area (Å²) in [4.78, 5) is 18.3. The predicted octanol–water partition coefficient (Wildman–Crippen LogP) is 2.55. The van der Waals surface area contributed by atoms with Crippen LogP contribution in [-0.4, -0.2) is 46.0 Å². The number of anilines is 2. The van der Waals surface area contributed by atoms with E-state index in [4.69, 9.17) is 5.73 Å². The largest absolute Gasteiger partial charge is 0.383 e. The number of nitrogens with two attached hydrogens (primary N) is 1. The van der Waals surface area contributed by atoms with Gasteiger partial charge in [-0.25, -0.2) is 9.97 Å². The minimum atomic E-state index is 0.356. The molecule has 3 aromatic rings. The van der Waals surface area contributed by atoms with Crippen LogP contribution in [0.3, 0.4) is 0 Å². The molecule has 0 radical (unpaired) electrons. The van der Waals surface area contributed by atoms with Crippen LogP contribution in [0.25, 0.3) is 10.9 Å².